The number of nitrogens with zero attached hydrogens (tertiary/aromatic N) is 2. The summed E-state index contributed by atoms with van der Waals surface area (Å²) in [6, 6.07) is 10.7. The molecule has 19 heavy (non-hydrogen) atoms. The van der Waals surface area contributed by atoms with Crippen LogP contribution in [0.5, 0.6) is 0 Å². The minimum atomic E-state index is -0.540. The van der Waals surface area contributed by atoms with E-state index in [1.807, 2.05) is 30.3 Å². The molecule has 1 heterocycles. The fourth-order valence-electron chi connectivity index (χ4n) is 2.62. The Morgan fingerprint density at radius 2 is 2.16 bits per heavy atom. The number of aliphatic hydroxyl groups is 1. The van der Waals surface area contributed by atoms with Crippen molar-refractivity contribution in [3.8, 4) is 6.07 Å². The number of carbonyl (C=O) groups is 1. The molecule has 1 aromatic carbocycles. The highest BCUT2D eigenvalue weighted by atomic mass is 16.5. The Balaban J connectivity index is 2.23. The number of nitriles is 1. The van der Waals surface area contributed by atoms with Crippen LogP contribution in [0.25, 0.3) is 0 Å². The fraction of sp³-hybridized carbons (Fsp3) is 0.429. The van der Waals surface area contributed by atoms with Gasteiger partial charge in [0.25, 0.3) is 0 Å². The maximum atomic E-state index is 11.9. The molecule has 1 N–H and O–H groups in total. The number of methoxy groups -OCH3 is 1. The summed E-state index contributed by atoms with van der Waals surface area (Å²) in [6.45, 7) is -0.233. The highest BCUT2D eigenvalue weighted by Gasteiger charge is 2.51. The van der Waals surface area contributed by atoms with E-state index in [-0.39, 0.29) is 31.1 Å². The molecular formula is C14H16N2O3. The Kier molecular flexibility index (Phi) is 4.15. The third-order valence-corrected chi connectivity index (χ3v) is 3.47. The number of likely N-dealkylation sites (tertiary alicyclic amines) is 1. The molecule has 1 aliphatic heterocycles. The van der Waals surface area contributed by atoms with E-state index >= 15 is 0 Å². The Hall–Kier alpha value is -1.90. The van der Waals surface area contributed by atoms with E-state index in [2.05, 4.69) is 6.07 Å². The number of ether oxygens (including phenoxy) is 1. The molecule has 1 aromatic rings. The lowest BCUT2D eigenvalue weighted by Crippen LogP contribution is -2.65. The molecule has 0 unspecified atom stereocenters. The molecular weight excluding hydrogens is 244 g/mol. The highest BCUT2D eigenvalue weighted by Crippen LogP contribution is 2.40. The van der Waals surface area contributed by atoms with Gasteiger partial charge in [0.1, 0.15) is 12.6 Å². The molecule has 2 rings (SSSR count). The molecule has 100 valence electrons. The average molecular weight is 260 g/mol. The zero-order valence-electron chi connectivity index (χ0n) is 10.7. The monoisotopic (exact) mass is 260 g/mol. The minimum Gasteiger partial charge on any atom is -0.394 e. The van der Waals surface area contributed by atoms with Crippen LogP contribution in [0.15, 0.2) is 30.3 Å². The maximum Gasteiger partial charge on any atom is 0.249 e. The van der Waals surface area contributed by atoms with E-state index < -0.39 is 6.04 Å². The second-order valence-corrected chi connectivity index (χ2v) is 4.49. The number of hydrogen-bond acceptors (Lipinski definition) is 4. The first-order valence-corrected chi connectivity index (χ1v) is 6.10. The van der Waals surface area contributed by atoms with Crippen molar-refractivity contribution in [2.45, 2.75) is 18.0 Å². The van der Waals surface area contributed by atoms with Gasteiger partial charge < -0.3 is 14.7 Å². The summed E-state index contributed by atoms with van der Waals surface area (Å²) >= 11 is 0. The summed E-state index contributed by atoms with van der Waals surface area (Å²) in [5.74, 6) is -0.405. The molecule has 3 atom stereocenters. The standard InChI is InChI=1S/C14H16N2O3/c1-19-9-13(18)16-11(7-15)14(12(16)8-17)10-5-3-2-4-6-10/h2-6,11-12,14,17H,8-9H2,1H3/t11-,12+,14-/m1/s1. The first kappa shape index (κ1) is 13.5. The van der Waals surface area contributed by atoms with Gasteiger partial charge in [-0.05, 0) is 5.56 Å². The van der Waals surface area contributed by atoms with Crippen LogP contribution in [-0.4, -0.2) is 48.3 Å². The molecule has 5 nitrogen and oxygen atoms in total. The van der Waals surface area contributed by atoms with Crippen LogP contribution in [0, 0.1) is 11.3 Å². The largest absolute Gasteiger partial charge is 0.394 e. The van der Waals surface area contributed by atoms with Crippen molar-refractivity contribution in [3.05, 3.63) is 35.9 Å². The first-order valence-electron chi connectivity index (χ1n) is 6.10. The third kappa shape index (κ3) is 2.33. The predicted octanol–water partition coefficient (Wildman–Crippen LogP) is 0.512. The van der Waals surface area contributed by atoms with Gasteiger partial charge in [0.2, 0.25) is 5.91 Å². The summed E-state index contributed by atoms with van der Waals surface area (Å²) in [7, 11) is 1.43. The minimum absolute atomic E-state index is 0.0732. The van der Waals surface area contributed by atoms with Crippen molar-refractivity contribution in [3.63, 3.8) is 0 Å². The topological polar surface area (TPSA) is 73.6 Å². The number of rotatable bonds is 4. The molecule has 0 aromatic heterocycles. The zero-order valence-corrected chi connectivity index (χ0v) is 10.7. The molecule has 1 aliphatic rings. The van der Waals surface area contributed by atoms with Gasteiger partial charge in [0.15, 0.2) is 0 Å². The van der Waals surface area contributed by atoms with E-state index in [0.29, 0.717) is 0 Å². The molecule has 1 amide bonds. The summed E-state index contributed by atoms with van der Waals surface area (Å²) in [5, 5.41) is 18.7. The van der Waals surface area contributed by atoms with Gasteiger partial charge in [-0.15, -0.1) is 0 Å². The van der Waals surface area contributed by atoms with Gasteiger partial charge in [-0.2, -0.15) is 5.26 Å². The fourth-order valence-corrected chi connectivity index (χ4v) is 2.62. The number of carbonyl (C=O) groups excluding carboxylic acids is 1. The van der Waals surface area contributed by atoms with Crippen LogP contribution in [0.1, 0.15) is 11.5 Å². The molecule has 1 fully saturated rings. The van der Waals surface area contributed by atoms with E-state index in [9.17, 15) is 15.2 Å². The number of hydrogen-bond donors (Lipinski definition) is 1. The molecule has 0 bridgehead atoms. The second kappa shape index (κ2) is 5.83. The Labute approximate surface area is 112 Å². The highest BCUT2D eigenvalue weighted by molar-refractivity contribution is 5.80. The number of aliphatic hydroxyl groups excluding tert-OH is 1. The summed E-state index contributed by atoms with van der Waals surface area (Å²) in [4.78, 5) is 13.3. The van der Waals surface area contributed by atoms with Crippen molar-refractivity contribution < 1.29 is 14.6 Å². The Morgan fingerprint density at radius 3 is 2.68 bits per heavy atom. The van der Waals surface area contributed by atoms with Crippen LogP contribution in [0.3, 0.4) is 0 Å². The summed E-state index contributed by atoms with van der Waals surface area (Å²) in [5.41, 5.74) is 0.967. The molecule has 0 saturated carbocycles. The van der Waals surface area contributed by atoms with Gasteiger partial charge in [-0.3, -0.25) is 4.79 Å². The quantitative estimate of drug-likeness (QED) is 0.856. The van der Waals surface area contributed by atoms with E-state index in [0.717, 1.165) is 5.56 Å². The predicted molar refractivity (Wildman–Crippen MR) is 68.2 cm³/mol. The SMILES string of the molecule is COCC(=O)N1[C@H](C#N)[C@@H](c2ccccc2)[C@@H]1CO. The van der Waals surface area contributed by atoms with Crippen LogP contribution in [0.4, 0.5) is 0 Å². The first-order chi connectivity index (χ1) is 9.24. The maximum absolute atomic E-state index is 11.9. The smallest absolute Gasteiger partial charge is 0.249 e. The van der Waals surface area contributed by atoms with Crippen LogP contribution in [-0.2, 0) is 9.53 Å². The molecule has 0 radical (unpaired) electrons. The van der Waals surface area contributed by atoms with Gasteiger partial charge in [0, 0.05) is 13.0 Å². The number of benzene rings is 1. The van der Waals surface area contributed by atoms with Crippen LogP contribution >= 0.6 is 0 Å². The number of amides is 1. The zero-order chi connectivity index (χ0) is 13.8. The van der Waals surface area contributed by atoms with E-state index in [1.54, 1.807) is 0 Å². The lowest BCUT2D eigenvalue weighted by atomic mass is 9.75. The Morgan fingerprint density at radius 1 is 1.47 bits per heavy atom. The van der Waals surface area contributed by atoms with Gasteiger partial charge >= 0.3 is 0 Å². The lowest BCUT2D eigenvalue weighted by Gasteiger charge is -2.51. The van der Waals surface area contributed by atoms with E-state index in [4.69, 9.17) is 4.74 Å². The normalized spacial score (nSPS) is 25.5. The van der Waals surface area contributed by atoms with Crippen molar-refractivity contribution in [2.75, 3.05) is 20.3 Å². The van der Waals surface area contributed by atoms with Crippen LogP contribution in [0.2, 0.25) is 0 Å². The molecule has 0 aliphatic carbocycles. The molecule has 0 spiro atoms. The van der Waals surface area contributed by atoms with Crippen molar-refractivity contribution in [1.29, 1.82) is 5.26 Å². The van der Waals surface area contributed by atoms with Crippen molar-refractivity contribution >= 4 is 5.91 Å². The molecule has 1 saturated heterocycles. The van der Waals surface area contributed by atoms with Crippen molar-refractivity contribution in [1.82, 2.24) is 4.90 Å². The summed E-state index contributed by atoms with van der Waals surface area (Å²) in [6.07, 6.45) is 0. The Bertz CT molecular complexity index is 483. The average Bonchev–Trinajstić information content (AvgIpc) is 2.40. The lowest BCUT2D eigenvalue weighted by molar-refractivity contribution is -0.150. The van der Waals surface area contributed by atoms with Gasteiger partial charge in [-0.1, -0.05) is 30.3 Å². The van der Waals surface area contributed by atoms with Gasteiger partial charge in [0.05, 0.1) is 18.7 Å². The van der Waals surface area contributed by atoms with Crippen molar-refractivity contribution in [2.24, 2.45) is 0 Å². The van der Waals surface area contributed by atoms with Crippen LogP contribution < -0.4 is 0 Å². The molecule has 5 heteroatoms. The second-order valence-electron chi connectivity index (χ2n) is 4.49. The summed E-state index contributed by atoms with van der Waals surface area (Å²) < 4.78 is 4.80. The van der Waals surface area contributed by atoms with Gasteiger partial charge in [-0.25, -0.2) is 0 Å². The van der Waals surface area contributed by atoms with E-state index in [1.165, 1.54) is 12.0 Å². The third-order valence-electron chi connectivity index (χ3n) is 3.47.